The predicted molar refractivity (Wildman–Crippen MR) is 141 cm³/mol. The number of carbonyl (C=O) groups excluding carboxylic acids is 2. The Balaban J connectivity index is 1.85. The minimum absolute atomic E-state index is 0.0261. The number of hydrogen-bond donors (Lipinski definition) is 1. The smallest absolute Gasteiger partial charge is 0.261 e. The summed E-state index contributed by atoms with van der Waals surface area (Å²) >= 11 is 6.41. The van der Waals surface area contributed by atoms with Crippen LogP contribution in [0.4, 0.5) is 0 Å². The van der Waals surface area contributed by atoms with Crippen LogP contribution in [-0.2, 0) is 28.0 Å². The molecule has 3 aromatic rings. The fourth-order valence-electron chi connectivity index (χ4n) is 3.81. The summed E-state index contributed by atoms with van der Waals surface area (Å²) in [6, 6.07) is 24.0. The fourth-order valence-corrected chi connectivity index (χ4v) is 4.01. The number of likely N-dealkylation sites (N-methyl/N-ethyl adjacent to an activating group) is 1. The first kappa shape index (κ1) is 26.3. The zero-order valence-corrected chi connectivity index (χ0v) is 21.5. The van der Waals surface area contributed by atoms with Crippen molar-refractivity contribution >= 4 is 23.4 Å². The topological polar surface area (TPSA) is 58.6 Å². The molecule has 0 radical (unpaired) electrons. The Morgan fingerprint density at radius 1 is 0.943 bits per heavy atom. The summed E-state index contributed by atoms with van der Waals surface area (Å²) in [5.41, 5.74) is 2.92. The van der Waals surface area contributed by atoms with Crippen molar-refractivity contribution in [2.45, 2.75) is 45.2 Å². The highest BCUT2D eigenvalue weighted by Gasteiger charge is 2.30. The van der Waals surface area contributed by atoms with Crippen molar-refractivity contribution < 1.29 is 14.3 Å². The minimum Gasteiger partial charge on any atom is -0.484 e. The van der Waals surface area contributed by atoms with Crippen LogP contribution in [0.25, 0.3) is 0 Å². The first-order chi connectivity index (χ1) is 16.7. The van der Waals surface area contributed by atoms with Crippen LogP contribution >= 0.6 is 11.6 Å². The van der Waals surface area contributed by atoms with Gasteiger partial charge < -0.3 is 15.0 Å². The number of benzene rings is 3. The molecule has 184 valence electrons. The third kappa shape index (κ3) is 7.33. The number of ether oxygens (including phenoxy) is 1. The van der Waals surface area contributed by atoms with Crippen molar-refractivity contribution in [1.82, 2.24) is 10.2 Å². The second kappa shape index (κ2) is 11.9. The van der Waals surface area contributed by atoms with Gasteiger partial charge in [-0.1, -0.05) is 93.0 Å². The number of nitrogens with one attached hydrogen (secondary N) is 1. The molecule has 0 bridgehead atoms. The Morgan fingerprint density at radius 2 is 1.57 bits per heavy atom. The maximum atomic E-state index is 13.5. The van der Waals surface area contributed by atoms with Crippen LogP contribution in [0.1, 0.15) is 37.5 Å². The van der Waals surface area contributed by atoms with Crippen LogP contribution < -0.4 is 10.1 Å². The number of hydrogen-bond acceptors (Lipinski definition) is 3. The normalized spacial score (nSPS) is 12.0. The molecule has 1 N–H and O–H groups in total. The summed E-state index contributed by atoms with van der Waals surface area (Å²) in [6.07, 6.45) is 0.372. The zero-order valence-electron chi connectivity index (χ0n) is 20.8. The van der Waals surface area contributed by atoms with Crippen molar-refractivity contribution in [3.63, 3.8) is 0 Å². The van der Waals surface area contributed by atoms with Gasteiger partial charge in [0.25, 0.3) is 5.91 Å². The van der Waals surface area contributed by atoms with Crippen molar-refractivity contribution in [3.05, 3.63) is 101 Å². The molecular formula is C29H33ClN2O3. The summed E-state index contributed by atoms with van der Waals surface area (Å²) < 4.78 is 5.84. The molecule has 0 aliphatic heterocycles. The summed E-state index contributed by atoms with van der Waals surface area (Å²) in [5, 5.41) is 3.25. The molecule has 0 heterocycles. The van der Waals surface area contributed by atoms with Crippen LogP contribution in [-0.4, -0.2) is 36.4 Å². The molecule has 0 saturated carbocycles. The van der Waals surface area contributed by atoms with Gasteiger partial charge in [-0.15, -0.1) is 0 Å². The van der Waals surface area contributed by atoms with E-state index in [0.29, 0.717) is 17.2 Å². The summed E-state index contributed by atoms with van der Waals surface area (Å²) in [7, 11) is 1.58. The van der Waals surface area contributed by atoms with E-state index in [1.54, 1.807) is 18.0 Å². The zero-order chi connectivity index (χ0) is 25.4. The molecule has 2 amide bonds. The quantitative estimate of drug-likeness (QED) is 0.435. The maximum Gasteiger partial charge on any atom is 0.261 e. The van der Waals surface area contributed by atoms with Crippen LogP contribution in [0.5, 0.6) is 5.75 Å². The molecule has 6 heteroatoms. The van der Waals surface area contributed by atoms with Gasteiger partial charge in [0.2, 0.25) is 5.91 Å². The molecule has 1 atom stereocenters. The monoisotopic (exact) mass is 492 g/mol. The van der Waals surface area contributed by atoms with Crippen molar-refractivity contribution in [3.8, 4) is 5.75 Å². The Labute approximate surface area is 213 Å². The molecular weight excluding hydrogens is 460 g/mol. The second-order valence-electron chi connectivity index (χ2n) is 9.50. The number of halogens is 1. The molecule has 5 nitrogen and oxygen atoms in total. The van der Waals surface area contributed by atoms with Gasteiger partial charge in [-0.3, -0.25) is 9.59 Å². The molecule has 3 rings (SSSR count). The Morgan fingerprint density at radius 3 is 2.17 bits per heavy atom. The van der Waals surface area contributed by atoms with Crippen LogP contribution in [0.2, 0.25) is 5.02 Å². The van der Waals surface area contributed by atoms with E-state index in [-0.39, 0.29) is 30.4 Å². The molecule has 0 spiro atoms. The molecule has 0 aliphatic carbocycles. The number of carbonyl (C=O) groups is 2. The lowest BCUT2D eigenvalue weighted by Crippen LogP contribution is -2.51. The highest BCUT2D eigenvalue weighted by atomic mass is 35.5. The largest absolute Gasteiger partial charge is 0.484 e. The maximum absolute atomic E-state index is 13.5. The van der Waals surface area contributed by atoms with E-state index in [9.17, 15) is 9.59 Å². The SMILES string of the molecule is CNC(=O)[C@@H](Cc1ccccc1)N(Cc1ccccc1Cl)C(=O)COc1ccc(C(C)(C)C)cc1. The summed E-state index contributed by atoms with van der Waals surface area (Å²) in [5.74, 6) is 0.0572. The average Bonchev–Trinajstić information content (AvgIpc) is 2.85. The third-order valence-electron chi connectivity index (χ3n) is 5.90. The summed E-state index contributed by atoms with van der Waals surface area (Å²) in [6.45, 7) is 6.43. The highest BCUT2D eigenvalue weighted by molar-refractivity contribution is 6.31. The second-order valence-corrected chi connectivity index (χ2v) is 9.90. The number of amides is 2. The van der Waals surface area contributed by atoms with Crippen LogP contribution in [0.3, 0.4) is 0 Å². The number of nitrogens with zero attached hydrogens (tertiary/aromatic N) is 1. The lowest BCUT2D eigenvalue weighted by molar-refractivity contribution is -0.142. The van der Waals surface area contributed by atoms with E-state index in [0.717, 1.165) is 11.1 Å². The molecule has 35 heavy (non-hydrogen) atoms. The molecule has 0 fully saturated rings. The fraction of sp³-hybridized carbons (Fsp3) is 0.310. The van der Waals surface area contributed by atoms with Crippen molar-refractivity contribution in [1.29, 1.82) is 0 Å². The van der Waals surface area contributed by atoms with Gasteiger partial charge in [-0.05, 0) is 40.3 Å². The number of rotatable bonds is 9. The first-order valence-corrected chi connectivity index (χ1v) is 12.1. The highest BCUT2D eigenvalue weighted by Crippen LogP contribution is 2.25. The lowest BCUT2D eigenvalue weighted by Gasteiger charge is -2.31. The van der Waals surface area contributed by atoms with Gasteiger partial charge in [-0.2, -0.15) is 0 Å². The Kier molecular flexibility index (Phi) is 8.94. The van der Waals surface area contributed by atoms with Gasteiger partial charge in [0, 0.05) is 25.0 Å². The van der Waals surface area contributed by atoms with E-state index in [1.165, 1.54) is 5.56 Å². The average molecular weight is 493 g/mol. The first-order valence-electron chi connectivity index (χ1n) is 11.7. The van der Waals surface area contributed by atoms with Gasteiger partial charge in [0.15, 0.2) is 6.61 Å². The molecule has 0 saturated heterocycles. The van der Waals surface area contributed by atoms with Gasteiger partial charge in [0.1, 0.15) is 11.8 Å². The van der Waals surface area contributed by atoms with E-state index >= 15 is 0 Å². The van der Waals surface area contributed by atoms with E-state index in [2.05, 4.69) is 26.1 Å². The molecule has 0 unspecified atom stereocenters. The van der Waals surface area contributed by atoms with E-state index < -0.39 is 6.04 Å². The Bertz CT molecular complexity index is 1120. The minimum atomic E-state index is -0.724. The predicted octanol–water partition coefficient (Wildman–Crippen LogP) is 5.40. The summed E-state index contributed by atoms with van der Waals surface area (Å²) in [4.78, 5) is 28.0. The van der Waals surface area contributed by atoms with Gasteiger partial charge >= 0.3 is 0 Å². The molecule has 0 aliphatic rings. The lowest BCUT2D eigenvalue weighted by atomic mass is 9.87. The van der Waals surface area contributed by atoms with Crippen LogP contribution in [0, 0.1) is 0 Å². The molecule has 3 aromatic carbocycles. The van der Waals surface area contributed by atoms with Crippen molar-refractivity contribution in [2.24, 2.45) is 0 Å². The van der Waals surface area contributed by atoms with Crippen LogP contribution in [0.15, 0.2) is 78.9 Å². The van der Waals surface area contributed by atoms with E-state index in [4.69, 9.17) is 16.3 Å². The van der Waals surface area contributed by atoms with E-state index in [1.807, 2.05) is 72.8 Å². The van der Waals surface area contributed by atoms with Crippen molar-refractivity contribution in [2.75, 3.05) is 13.7 Å². The Hall–Kier alpha value is -3.31. The standard InChI is InChI=1S/C29H33ClN2O3/c1-29(2,3)23-14-16-24(17-15-23)35-20-27(33)32(19-22-12-8-9-13-25(22)30)26(28(34)31-4)18-21-10-6-5-7-11-21/h5-17,26H,18-20H2,1-4H3,(H,31,34)/t26-/m1/s1. The molecule has 0 aromatic heterocycles. The van der Waals surface area contributed by atoms with Gasteiger partial charge in [0.05, 0.1) is 0 Å². The van der Waals surface area contributed by atoms with Gasteiger partial charge in [-0.25, -0.2) is 0 Å². The third-order valence-corrected chi connectivity index (χ3v) is 6.27.